The standard InChI is InChI=1S/C72H52N8O4/c1-83-61-41-33-51(34-42-61)65-15-7-19-69(77-65)67-17-5-13-63(75-67)49-29-37-57(38-30-49)73-71(81)53-25-21-47(22-26-53)55-9-3-11-59(45-55)79-80-60-12-4-10-56(46-60)48-23-27-54(28-24-48)72(82)74-58-39-31-50(32-40-58)64-14-6-18-68(76-64)70-20-8-16-66(78-70)52-35-43-62(84-2)44-36-52/h3-46H,1-2H3,(H,73,81)(H,74,82). The van der Waals surface area contributed by atoms with E-state index in [0.717, 1.165) is 102 Å². The molecule has 0 bridgehead atoms. The number of nitrogens with one attached hydrogen (secondary N) is 2. The van der Waals surface area contributed by atoms with Gasteiger partial charge in [0.25, 0.3) is 11.8 Å². The molecule has 4 heterocycles. The second kappa shape index (κ2) is 24.5. The van der Waals surface area contributed by atoms with Crippen molar-refractivity contribution in [2.45, 2.75) is 0 Å². The number of pyridine rings is 4. The van der Waals surface area contributed by atoms with Crippen molar-refractivity contribution in [3.8, 4) is 102 Å². The van der Waals surface area contributed by atoms with Crippen LogP contribution in [0.2, 0.25) is 0 Å². The lowest BCUT2D eigenvalue weighted by Gasteiger charge is -2.09. The van der Waals surface area contributed by atoms with Crippen molar-refractivity contribution in [3.63, 3.8) is 0 Å². The molecule has 0 fully saturated rings. The molecule has 2 amide bonds. The van der Waals surface area contributed by atoms with Crippen LogP contribution in [0.4, 0.5) is 22.7 Å². The van der Waals surface area contributed by atoms with Gasteiger partial charge in [-0.25, -0.2) is 19.9 Å². The van der Waals surface area contributed by atoms with Crippen molar-refractivity contribution < 1.29 is 19.1 Å². The van der Waals surface area contributed by atoms with E-state index in [4.69, 9.17) is 29.4 Å². The fraction of sp³-hybridized carbons (Fsp3) is 0.0278. The van der Waals surface area contributed by atoms with Gasteiger partial charge >= 0.3 is 0 Å². The lowest BCUT2D eigenvalue weighted by atomic mass is 10.0. The number of azo groups is 1. The number of carbonyl (C=O) groups is 2. The second-order valence-corrected chi connectivity index (χ2v) is 19.6. The van der Waals surface area contributed by atoms with Gasteiger partial charge in [0.1, 0.15) is 11.5 Å². The fourth-order valence-corrected chi connectivity index (χ4v) is 9.57. The Morgan fingerprint density at radius 1 is 0.298 bits per heavy atom. The van der Waals surface area contributed by atoms with Crippen LogP contribution < -0.4 is 20.1 Å². The summed E-state index contributed by atoms with van der Waals surface area (Å²) >= 11 is 0. The topological polar surface area (TPSA) is 153 Å². The molecule has 0 saturated heterocycles. The molecule has 404 valence electrons. The molecule has 0 spiro atoms. The van der Waals surface area contributed by atoms with Crippen LogP contribution >= 0.6 is 0 Å². The van der Waals surface area contributed by atoms with Gasteiger partial charge in [0.2, 0.25) is 0 Å². The quantitative estimate of drug-likeness (QED) is 0.0907. The van der Waals surface area contributed by atoms with Crippen LogP contribution in [0.25, 0.3) is 90.1 Å². The van der Waals surface area contributed by atoms with E-state index < -0.39 is 0 Å². The van der Waals surface area contributed by atoms with Gasteiger partial charge in [0.05, 0.1) is 71.1 Å². The number of hydrogen-bond donors (Lipinski definition) is 2. The Morgan fingerprint density at radius 2 is 0.571 bits per heavy atom. The zero-order chi connectivity index (χ0) is 57.2. The van der Waals surface area contributed by atoms with Gasteiger partial charge in [-0.2, -0.15) is 10.2 Å². The molecule has 0 aliphatic heterocycles. The van der Waals surface area contributed by atoms with Crippen LogP contribution in [-0.4, -0.2) is 46.0 Å². The maximum Gasteiger partial charge on any atom is 0.255 e. The maximum atomic E-state index is 13.4. The largest absolute Gasteiger partial charge is 0.497 e. The summed E-state index contributed by atoms with van der Waals surface area (Å²) in [7, 11) is 3.30. The van der Waals surface area contributed by atoms with Gasteiger partial charge < -0.3 is 20.1 Å². The highest BCUT2D eigenvalue weighted by molar-refractivity contribution is 6.05. The van der Waals surface area contributed by atoms with E-state index in [2.05, 4.69) is 20.9 Å². The molecule has 8 aromatic carbocycles. The van der Waals surface area contributed by atoms with Gasteiger partial charge in [-0.05, 0) is 192 Å². The highest BCUT2D eigenvalue weighted by atomic mass is 16.5. The van der Waals surface area contributed by atoms with Crippen molar-refractivity contribution in [1.29, 1.82) is 0 Å². The normalized spacial score (nSPS) is 11.0. The molecule has 0 radical (unpaired) electrons. The molecule has 12 nitrogen and oxygen atoms in total. The minimum atomic E-state index is -0.221. The van der Waals surface area contributed by atoms with Crippen LogP contribution in [0, 0.1) is 0 Å². The summed E-state index contributed by atoms with van der Waals surface area (Å²) in [5.74, 6) is 1.14. The molecule has 12 rings (SSSR count). The van der Waals surface area contributed by atoms with Gasteiger partial charge in [-0.15, -0.1) is 0 Å². The lowest BCUT2D eigenvalue weighted by molar-refractivity contribution is 0.101. The zero-order valence-corrected chi connectivity index (χ0v) is 45.7. The number of hydrogen-bond acceptors (Lipinski definition) is 10. The third kappa shape index (κ3) is 12.4. The first-order valence-corrected chi connectivity index (χ1v) is 27.1. The van der Waals surface area contributed by atoms with E-state index in [1.807, 2.05) is 267 Å². The first-order chi connectivity index (χ1) is 41.3. The van der Waals surface area contributed by atoms with Crippen molar-refractivity contribution in [3.05, 3.63) is 278 Å². The van der Waals surface area contributed by atoms with Crippen molar-refractivity contribution in [2.75, 3.05) is 24.9 Å². The van der Waals surface area contributed by atoms with Gasteiger partial charge in [-0.1, -0.05) is 97.1 Å². The molecule has 84 heavy (non-hydrogen) atoms. The highest BCUT2D eigenvalue weighted by Crippen LogP contribution is 2.32. The summed E-state index contributed by atoms with van der Waals surface area (Å²) in [5, 5.41) is 15.2. The number of aromatic nitrogens is 4. The molecule has 0 aliphatic carbocycles. The van der Waals surface area contributed by atoms with Gasteiger partial charge in [-0.3, -0.25) is 9.59 Å². The first kappa shape index (κ1) is 53.2. The molecule has 0 saturated carbocycles. The van der Waals surface area contributed by atoms with Crippen LogP contribution in [0.1, 0.15) is 20.7 Å². The van der Waals surface area contributed by atoms with E-state index in [1.165, 1.54) is 0 Å². The minimum Gasteiger partial charge on any atom is -0.497 e. The molecular formula is C72H52N8O4. The Balaban J connectivity index is 0.636. The van der Waals surface area contributed by atoms with Crippen molar-refractivity contribution >= 4 is 34.6 Å². The summed E-state index contributed by atoms with van der Waals surface area (Å²) in [6.45, 7) is 0. The predicted molar refractivity (Wildman–Crippen MR) is 334 cm³/mol. The van der Waals surface area contributed by atoms with Crippen molar-refractivity contribution in [1.82, 2.24) is 19.9 Å². The molecular weight excluding hydrogens is 1040 g/mol. The van der Waals surface area contributed by atoms with Crippen LogP contribution in [0.15, 0.2) is 277 Å². The third-order valence-electron chi connectivity index (χ3n) is 14.1. The lowest BCUT2D eigenvalue weighted by Crippen LogP contribution is -2.11. The number of anilines is 2. The van der Waals surface area contributed by atoms with Crippen molar-refractivity contribution in [2.24, 2.45) is 10.2 Å². The zero-order valence-electron chi connectivity index (χ0n) is 45.7. The highest BCUT2D eigenvalue weighted by Gasteiger charge is 2.14. The molecule has 2 N–H and O–H groups in total. The number of methoxy groups -OCH3 is 2. The smallest absolute Gasteiger partial charge is 0.255 e. The second-order valence-electron chi connectivity index (χ2n) is 19.6. The summed E-state index contributed by atoms with van der Waals surface area (Å²) < 4.78 is 10.6. The number of amides is 2. The average Bonchev–Trinajstić information content (AvgIpc) is 3.76. The number of carbonyl (C=O) groups excluding carboxylic acids is 2. The Kier molecular flexibility index (Phi) is 15.5. The Morgan fingerprint density at radius 3 is 0.881 bits per heavy atom. The van der Waals surface area contributed by atoms with E-state index in [0.29, 0.717) is 33.9 Å². The monoisotopic (exact) mass is 1090 g/mol. The van der Waals surface area contributed by atoms with E-state index in [1.54, 1.807) is 14.2 Å². The molecule has 12 aromatic rings. The summed E-state index contributed by atoms with van der Waals surface area (Å²) in [5.41, 5.74) is 17.6. The molecule has 4 aromatic heterocycles. The molecule has 0 aliphatic rings. The van der Waals surface area contributed by atoms with Gasteiger partial charge in [0, 0.05) is 44.8 Å². The number of benzene rings is 8. The Hall–Kier alpha value is -11.5. The first-order valence-electron chi connectivity index (χ1n) is 27.1. The van der Waals surface area contributed by atoms with E-state index in [-0.39, 0.29) is 11.8 Å². The van der Waals surface area contributed by atoms with Crippen LogP contribution in [0.3, 0.4) is 0 Å². The number of nitrogens with zero attached hydrogens (tertiary/aromatic N) is 6. The Labute approximate surface area is 485 Å². The van der Waals surface area contributed by atoms with Crippen LogP contribution in [-0.2, 0) is 0 Å². The van der Waals surface area contributed by atoms with Crippen LogP contribution in [0.5, 0.6) is 11.5 Å². The molecule has 0 atom stereocenters. The average molecular weight is 1090 g/mol. The van der Waals surface area contributed by atoms with E-state index in [9.17, 15) is 9.59 Å². The SMILES string of the molecule is COc1ccc(-c2cccc(-c3cccc(-c4ccc(NC(=O)c5ccc(-c6cccc(N=Nc7cccc(-c8ccc(C(=O)Nc9ccc(-c%10cccc(-c%11cccc(-c%12ccc(OC)cc%12)n%11)n%10)cc9)cc8)c7)c6)cc5)cc4)n3)n2)cc1. The van der Waals surface area contributed by atoms with E-state index >= 15 is 0 Å². The summed E-state index contributed by atoms with van der Waals surface area (Å²) in [6, 6.07) is 85.0. The maximum absolute atomic E-state index is 13.4. The fourth-order valence-electron chi connectivity index (χ4n) is 9.57. The third-order valence-corrected chi connectivity index (χ3v) is 14.1. The molecule has 12 heteroatoms. The Bertz CT molecular complexity index is 4060. The van der Waals surface area contributed by atoms with Gasteiger partial charge in [0.15, 0.2) is 0 Å². The summed E-state index contributed by atoms with van der Waals surface area (Å²) in [4.78, 5) is 46.5. The summed E-state index contributed by atoms with van der Waals surface area (Å²) in [6.07, 6.45) is 0. The number of ether oxygens (including phenoxy) is 2. The number of rotatable bonds is 16. The molecule has 0 unspecified atom stereocenters. The minimum absolute atomic E-state index is 0.221. The predicted octanol–water partition coefficient (Wildman–Crippen LogP) is 17.5.